The summed E-state index contributed by atoms with van der Waals surface area (Å²) in [4.78, 5) is 25.7. The normalized spacial score (nSPS) is 15.3. The second-order valence-corrected chi connectivity index (χ2v) is 3.24. The van der Waals surface area contributed by atoms with E-state index in [2.05, 4.69) is 13.2 Å². The number of likely N-dealkylation sites (tertiary alicyclic amines) is 1. The lowest BCUT2D eigenvalue weighted by Crippen LogP contribution is -2.38. The molecule has 1 fully saturated rings. The Bertz CT molecular complexity index is 312. The highest BCUT2D eigenvalue weighted by Gasteiger charge is 2.27. The third-order valence-corrected chi connectivity index (χ3v) is 2.32. The zero-order valence-electron chi connectivity index (χ0n) is 8.61. The largest absolute Gasteiger partial charge is 0.313 e. The standard InChI is InChI=1S/C10H15N3O2/c1-3-12(7-11)10(15)8(2)13-6-4-5-9(13)14/h3H,1-2,4-7,11H2. The van der Waals surface area contributed by atoms with Gasteiger partial charge in [0.2, 0.25) is 5.91 Å². The van der Waals surface area contributed by atoms with Crippen LogP contribution in [0.4, 0.5) is 0 Å². The molecule has 0 aliphatic carbocycles. The Morgan fingerprint density at radius 2 is 2.33 bits per heavy atom. The lowest BCUT2D eigenvalue weighted by atomic mass is 10.3. The Kier molecular flexibility index (Phi) is 3.62. The lowest BCUT2D eigenvalue weighted by molar-refractivity contribution is -0.132. The second-order valence-electron chi connectivity index (χ2n) is 3.24. The monoisotopic (exact) mass is 209 g/mol. The number of hydrogen-bond donors (Lipinski definition) is 1. The minimum Gasteiger partial charge on any atom is -0.313 e. The van der Waals surface area contributed by atoms with E-state index in [-0.39, 0.29) is 24.2 Å². The summed E-state index contributed by atoms with van der Waals surface area (Å²) in [6.07, 6.45) is 2.57. The summed E-state index contributed by atoms with van der Waals surface area (Å²) in [5.74, 6) is -0.433. The van der Waals surface area contributed by atoms with Crippen molar-refractivity contribution in [1.82, 2.24) is 9.80 Å². The number of nitrogens with two attached hydrogens (primary N) is 1. The fourth-order valence-electron chi connectivity index (χ4n) is 1.46. The van der Waals surface area contributed by atoms with E-state index in [0.29, 0.717) is 13.0 Å². The van der Waals surface area contributed by atoms with Crippen LogP contribution in [0.25, 0.3) is 0 Å². The topological polar surface area (TPSA) is 66.6 Å². The third-order valence-electron chi connectivity index (χ3n) is 2.32. The summed E-state index contributed by atoms with van der Waals surface area (Å²) >= 11 is 0. The predicted molar refractivity (Wildman–Crippen MR) is 56.2 cm³/mol. The van der Waals surface area contributed by atoms with Crippen LogP contribution in [0.1, 0.15) is 12.8 Å². The number of amides is 2. The number of carbonyl (C=O) groups is 2. The van der Waals surface area contributed by atoms with E-state index in [1.807, 2.05) is 0 Å². The molecular weight excluding hydrogens is 194 g/mol. The molecule has 0 aromatic carbocycles. The molecule has 82 valence electrons. The van der Waals surface area contributed by atoms with Crippen LogP contribution in [-0.2, 0) is 9.59 Å². The van der Waals surface area contributed by atoms with Gasteiger partial charge in [-0.2, -0.15) is 0 Å². The first-order valence-corrected chi connectivity index (χ1v) is 4.74. The van der Waals surface area contributed by atoms with Crippen molar-refractivity contribution < 1.29 is 9.59 Å². The molecule has 2 amide bonds. The fraction of sp³-hybridized carbons (Fsp3) is 0.400. The van der Waals surface area contributed by atoms with Crippen LogP contribution in [-0.4, -0.2) is 34.8 Å². The zero-order valence-corrected chi connectivity index (χ0v) is 8.61. The van der Waals surface area contributed by atoms with Crippen molar-refractivity contribution in [3.63, 3.8) is 0 Å². The molecule has 0 unspecified atom stereocenters. The molecule has 0 radical (unpaired) electrons. The summed E-state index contributed by atoms with van der Waals surface area (Å²) in [5.41, 5.74) is 5.51. The molecule has 1 aliphatic heterocycles. The summed E-state index contributed by atoms with van der Waals surface area (Å²) in [6.45, 7) is 7.66. The van der Waals surface area contributed by atoms with E-state index in [0.717, 1.165) is 6.42 Å². The van der Waals surface area contributed by atoms with Crippen molar-refractivity contribution in [3.05, 3.63) is 25.1 Å². The van der Waals surface area contributed by atoms with Gasteiger partial charge in [0, 0.05) is 19.2 Å². The Morgan fingerprint density at radius 1 is 1.67 bits per heavy atom. The van der Waals surface area contributed by atoms with Crippen LogP contribution in [0.2, 0.25) is 0 Å². The van der Waals surface area contributed by atoms with Crippen LogP contribution >= 0.6 is 0 Å². The van der Waals surface area contributed by atoms with Crippen molar-refractivity contribution in [2.75, 3.05) is 13.2 Å². The zero-order chi connectivity index (χ0) is 11.4. The van der Waals surface area contributed by atoms with Crippen LogP contribution in [0.5, 0.6) is 0 Å². The molecule has 5 nitrogen and oxygen atoms in total. The maximum atomic E-state index is 11.7. The maximum Gasteiger partial charge on any atom is 0.274 e. The summed E-state index contributed by atoms with van der Waals surface area (Å²) < 4.78 is 0. The highest BCUT2D eigenvalue weighted by molar-refractivity contribution is 5.97. The average molecular weight is 209 g/mol. The van der Waals surface area contributed by atoms with Gasteiger partial charge in [0.15, 0.2) is 0 Å². The number of rotatable bonds is 4. The van der Waals surface area contributed by atoms with Gasteiger partial charge in [0.05, 0.1) is 6.67 Å². The van der Waals surface area contributed by atoms with E-state index < -0.39 is 0 Å². The molecular formula is C10H15N3O2. The molecule has 0 saturated carbocycles. The first kappa shape index (κ1) is 11.5. The molecule has 2 N–H and O–H groups in total. The molecule has 1 rings (SSSR count). The quantitative estimate of drug-likeness (QED) is 0.524. The summed E-state index contributed by atoms with van der Waals surface area (Å²) in [6, 6.07) is 0. The van der Waals surface area contributed by atoms with Gasteiger partial charge in [0.1, 0.15) is 5.70 Å². The van der Waals surface area contributed by atoms with Gasteiger partial charge in [-0.25, -0.2) is 0 Å². The Morgan fingerprint density at radius 3 is 2.73 bits per heavy atom. The van der Waals surface area contributed by atoms with Gasteiger partial charge in [0.25, 0.3) is 5.91 Å². The summed E-state index contributed by atoms with van der Waals surface area (Å²) in [5, 5.41) is 0. The highest BCUT2D eigenvalue weighted by atomic mass is 16.2. The Labute approximate surface area is 88.8 Å². The molecule has 1 heterocycles. The van der Waals surface area contributed by atoms with Crippen molar-refractivity contribution in [2.45, 2.75) is 12.8 Å². The fourth-order valence-corrected chi connectivity index (χ4v) is 1.46. The minimum atomic E-state index is -0.372. The Balaban J connectivity index is 2.71. The molecule has 0 aromatic rings. The van der Waals surface area contributed by atoms with Crippen molar-refractivity contribution in [1.29, 1.82) is 0 Å². The number of carbonyl (C=O) groups excluding carboxylic acids is 2. The maximum absolute atomic E-state index is 11.7. The molecule has 5 heteroatoms. The second kappa shape index (κ2) is 4.75. The molecule has 0 spiro atoms. The lowest BCUT2D eigenvalue weighted by Gasteiger charge is -2.22. The van der Waals surface area contributed by atoms with Crippen molar-refractivity contribution in [3.8, 4) is 0 Å². The van der Waals surface area contributed by atoms with E-state index in [4.69, 9.17) is 5.73 Å². The molecule has 0 aromatic heterocycles. The van der Waals surface area contributed by atoms with Gasteiger partial charge in [-0.3, -0.25) is 9.59 Å². The van der Waals surface area contributed by atoms with Crippen LogP contribution in [0.15, 0.2) is 25.1 Å². The predicted octanol–water partition coefficient (Wildman–Crippen LogP) is 0.0108. The minimum absolute atomic E-state index is 0.0311. The van der Waals surface area contributed by atoms with Gasteiger partial charge < -0.3 is 15.5 Å². The molecule has 0 atom stereocenters. The van der Waals surface area contributed by atoms with E-state index in [1.54, 1.807) is 0 Å². The first-order chi connectivity index (χ1) is 7.11. The van der Waals surface area contributed by atoms with Crippen molar-refractivity contribution in [2.24, 2.45) is 5.73 Å². The average Bonchev–Trinajstić information content (AvgIpc) is 2.65. The van der Waals surface area contributed by atoms with Crippen LogP contribution in [0, 0.1) is 0 Å². The van der Waals surface area contributed by atoms with Gasteiger partial charge >= 0.3 is 0 Å². The summed E-state index contributed by atoms with van der Waals surface area (Å²) in [7, 11) is 0. The Hall–Kier alpha value is -1.62. The smallest absolute Gasteiger partial charge is 0.274 e. The van der Waals surface area contributed by atoms with E-state index in [1.165, 1.54) is 16.0 Å². The van der Waals surface area contributed by atoms with Crippen LogP contribution in [0.3, 0.4) is 0 Å². The highest BCUT2D eigenvalue weighted by Crippen LogP contribution is 2.16. The van der Waals surface area contributed by atoms with Gasteiger partial charge in [-0.15, -0.1) is 0 Å². The van der Waals surface area contributed by atoms with Crippen molar-refractivity contribution >= 4 is 11.8 Å². The molecule has 0 bridgehead atoms. The van der Waals surface area contributed by atoms with Gasteiger partial charge in [-0.05, 0) is 6.42 Å². The van der Waals surface area contributed by atoms with E-state index >= 15 is 0 Å². The molecule has 1 aliphatic rings. The number of nitrogens with zero attached hydrogens (tertiary/aromatic N) is 2. The third kappa shape index (κ3) is 2.24. The SMILES string of the molecule is C=CN(CN)C(=O)C(=C)N1CCCC1=O. The number of hydrogen-bond acceptors (Lipinski definition) is 3. The van der Waals surface area contributed by atoms with E-state index in [9.17, 15) is 9.59 Å². The first-order valence-electron chi connectivity index (χ1n) is 4.74. The van der Waals surface area contributed by atoms with Crippen LogP contribution < -0.4 is 5.73 Å². The molecule has 15 heavy (non-hydrogen) atoms. The molecule has 1 saturated heterocycles. The van der Waals surface area contributed by atoms with Gasteiger partial charge in [-0.1, -0.05) is 13.2 Å².